The third kappa shape index (κ3) is 4.14. The number of methoxy groups -OCH3 is 1. The summed E-state index contributed by atoms with van der Waals surface area (Å²) >= 11 is 0. The van der Waals surface area contributed by atoms with E-state index in [0.29, 0.717) is 30.4 Å². The smallest absolute Gasteiger partial charge is 0.381 e. The van der Waals surface area contributed by atoms with Gasteiger partial charge in [0, 0.05) is 19.8 Å². The largest absolute Gasteiger partial charge is 0.417 e. The topological polar surface area (TPSA) is 82.0 Å². The molecule has 0 radical (unpaired) electrons. The molecule has 0 saturated carbocycles. The van der Waals surface area contributed by atoms with Crippen molar-refractivity contribution in [1.82, 2.24) is 9.80 Å². The summed E-state index contributed by atoms with van der Waals surface area (Å²) in [6.07, 6.45) is 4.89. The van der Waals surface area contributed by atoms with Gasteiger partial charge in [0.15, 0.2) is 11.6 Å². The molecule has 1 aromatic carbocycles. The molecule has 2 heterocycles. The molecule has 0 aliphatic carbocycles. The van der Waals surface area contributed by atoms with Gasteiger partial charge in [0.05, 0.1) is 13.7 Å². The van der Waals surface area contributed by atoms with Crippen LogP contribution in [0.2, 0.25) is 0 Å². The van der Waals surface area contributed by atoms with Crippen LogP contribution in [0.25, 0.3) is 0 Å². The molecule has 1 fully saturated rings. The van der Waals surface area contributed by atoms with E-state index >= 15 is 0 Å². The molecular weight excluding hydrogens is 384 g/mol. The van der Waals surface area contributed by atoms with Crippen LogP contribution in [0.15, 0.2) is 36.0 Å². The van der Waals surface area contributed by atoms with Crippen molar-refractivity contribution in [3.8, 4) is 0 Å². The molecular formula is C22H29N4O4+. The Balaban J connectivity index is 1.86. The summed E-state index contributed by atoms with van der Waals surface area (Å²) < 4.78 is 6.87. The zero-order valence-electron chi connectivity index (χ0n) is 18.0. The standard InChI is InChI=1S/C22H28N4O4/c1-5-6-7-15-8-10-16(11-9-15)23-19(27)18-14-17-20(26(18)12-13-30-4)24(2)22(29)25(3)21(17)28/h8-11,14,17H,5-7,12-13H2,1-4H3/p+1. The average Bonchev–Trinajstić information content (AvgIpc) is 3.14. The van der Waals surface area contributed by atoms with Crippen molar-refractivity contribution in [3.05, 3.63) is 41.6 Å². The molecule has 2 aliphatic heterocycles. The lowest BCUT2D eigenvalue weighted by molar-refractivity contribution is -0.476. The molecule has 30 heavy (non-hydrogen) atoms. The highest BCUT2D eigenvalue weighted by Crippen LogP contribution is 2.26. The Morgan fingerprint density at radius 3 is 2.50 bits per heavy atom. The quantitative estimate of drug-likeness (QED) is 0.662. The van der Waals surface area contributed by atoms with Gasteiger partial charge in [-0.2, -0.15) is 4.90 Å². The van der Waals surface area contributed by atoms with Crippen LogP contribution >= 0.6 is 0 Å². The Hall–Kier alpha value is -3.00. The zero-order valence-corrected chi connectivity index (χ0v) is 18.0. The number of ether oxygens (including phenoxy) is 1. The Kier molecular flexibility index (Phi) is 6.66. The van der Waals surface area contributed by atoms with E-state index in [9.17, 15) is 14.4 Å². The van der Waals surface area contributed by atoms with Gasteiger partial charge in [-0.05, 0) is 36.6 Å². The van der Waals surface area contributed by atoms with Gasteiger partial charge in [-0.15, -0.1) is 0 Å². The maximum absolute atomic E-state index is 13.1. The number of aryl methyl sites for hydroxylation is 1. The number of urea groups is 1. The molecule has 1 atom stereocenters. The van der Waals surface area contributed by atoms with Crippen LogP contribution in [0, 0.1) is 5.92 Å². The van der Waals surface area contributed by atoms with Gasteiger partial charge >= 0.3 is 6.03 Å². The number of carbonyl (C=O) groups excluding carboxylic acids is 3. The highest BCUT2D eigenvalue weighted by molar-refractivity contribution is 6.19. The normalized spacial score (nSPS) is 18.7. The maximum Gasteiger partial charge on any atom is 0.417 e. The molecule has 1 unspecified atom stereocenters. The summed E-state index contributed by atoms with van der Waals surface area (Å²) in [7, 11) is 4.62. The molecule has 0 aromatic heterocycles. The van der Waals surface area contributed by atoms with Crippen molar-refractivity contribution >= 4 is 29.4 Å². The Labute approximate surface area is 176 Å². The fourth-order valence-electron chi connectivity index (χ4n) is 3.76. The number of anilines is 1. The van der Waals surface area contributed by atoms with Crippen LogP contribution in [-0.4, -0.2) is 72.4 Å². The first-order chi connectivity index (χ1) is 14.4. The van der Waals surface area contributed by atoms with E-state index in [-0.39, 0.29) is 11.8 Å². The van der Waals surface area contributed by atoms with Crippen molar-refractivity contribution in [2.24, 2.45) is 5.92 Å². The van der Waals surface area contributed by atoms with Crippen LogP contribution < -0.4 is 5.32 Å². The van der Waals surface area contributed by atoms with Crippen molar-refractivity contribution in [2.75, 3.05) is 39.7 Å². The highest BCUT2D eigenvalue weighted by Gasteiger charge is 2.51. The second kappa shape index (κ2) is 9.21. The molecule has 2 aliphatic rings. The summed E-state index contributed by atoms with van der Waals surface area (Å²) in [6, 6.07) is 7.36. The van der Waals surface area contributed by atoms with Crippen molar-refractivity contribution in [3.63, 3.8) is 0 Å². The third-order valence-corrected chi connectivity index (χ3v) is 5.47. The van der Waals surface area contributed by atoms with Gasteiger partial charge in [0.2, 0.25) is 0 Å². The SMILES string of the molecule is CCCCc1ccc(NC(=O)C2=CC3C(=O)N(C)C(=O)N(C)C3=[N+]2CCOC)cc1. The number of nitrogens with zero attached hydrogens (tertiary/aromatic N) is 3. The number of imide groups is 1. The number of amides is 4. The van der Waals surface area contributed by atoms with Crippen LogP contribution in [0.3, 0.4) is 0 Å². The van der Waals surface area contributed by atoms with Crippen LogP contribution in [0.4, 0.5) is 10.5 Å². The van der Waals surface area contributed by atoms with Gasteiger partial charge < -0.3 is 10.1 Å². The Morgan fingerprint density at radius 1 is 1.17 bits per heavy atom. The lowest BCUT2D eigenvalue weighted by Crippen LogP contribution is -2.57. The summed E-state index contributed by atoms with van der Waals surface area (Å²) in [4.78, 5) is 40.6. The van der Waals surface area contributed by atoms with Crippen LogP contribution in [0.5, 0.6) is 0 Å². The molecule has 0 bridgehead atoms. The van der Waals surface area contributed by atoms with Crippen LogP contribution in [-0.2, 0) is 20.7 Å². The Bertz CT molecular complexity index is 904. The molecule has 1 N–H and O–H groups in total. The second-order valence-electron chi connectivity index (χ2n) is 7.53. The van der Waals surface area contributed by atoms with Crippen LogP contribution in [0.1, 0.15) is 25.3 Å². The molecule has 1 saturated heterocycles. The molecule has 0 spiro atoms. The van der Waals surface area contributed by atoms with Crippen molar-refractivity contribution < 1.29 is 23.7 Å². The molecule has 8 heteroatoms. The number of hydrogen-bond donors (Lipinski definition) is 1. The van der Waals surface area contributed by atoms with Gasteiger partial charge in [0.25, 0.3) is 17.6 Å². The van der Waals surface area contributed by atoms with E-state index < -0.39 is 11.9 Å². The van der Waals surface area contributed by atoms with E-state index in [0.717, 1.165) is 24.2 Å². The van der Waals surface area contributed by atoms with Gasteiger partial charge in [-0.1, -0.05) is 25.5 Å². The first-order valence-electron chi connectivity index (χ1n) is 10.2. The maximum atomic E-state index is 13.1. The summed E-state index contributed by atoms with van der Waals surface area (Å²) in [5.74, 6) is -0.865. The van der Waals surface area contributed by atoms with E-state index in [1.54, 1.807) is 24.8 Å². The second-order valence-corrected chi connectivity index (χ2v) is 7.53. The molecule has 1 aromatic rings. The predicted molar refractivity (Wildman–Crippen MR) is 113 cm³/mol. The lowest BCUT2D eigenvalue weighted by atomic mass is 10.0. The first-order valence-corrected chi connectivity index (χ1v) is 10.2. The third-order valence-electron chi connectivity index (χ3n) is 5.47. The fourth-order valence-corrected chi connectivity index (χ4v) is 3.76. The minimum Gasteiger partial charge on any atom is -0.381 e. The van der Waals surface area contributed by atoms with Crippen molar-refractivity contribution in [2.45, 2.75) is 26.2 Å². The zero-order chi connectivity index (χ0) is 21.8. The lowest BCUT2D eigenvalue weighted by Gasteiger charge is -2.27. The van der Waals surface area contributed by atoms with Gasteiger partial charge in [0.1, 0.15) is 6.54 Å². The number of benzene rings is 1. The molecule has 8 nitrogen and oxygen atoms in total. The van der Waals surface area contributed by atoms with E-state index in [2.05, 4.69) is 12.2 Å². The van der Waals surface area contributed by atoms with Crippen molar-refractivity contribution in [1.29, 1.82) is 0 Å². The number of carbonyl (C=O) groups is 3. The minimum atomic E-state index is -0.674. The molecule has 4 amide bonds. The minimum absolute atomic E-state index is 0.328. The van der Waals surface area contributed by atoms with E-state index in [4.69, 9.17) is 4.74 Å². The summed E-state index contributed by atoms with van der Waals surface area (Å²) in [5, 5.41) is 2.90. The number of amidine groups is 1. The van der Waals surface area contributed by atoms with Gasteiger partial charge in [-0.25, -0.2) is 14.3 Å². The average molecular weight is 413 g/mol. The molecule has 160 valence electrons. The Morgan fingerprint density at radius 2 is 1.87 bits per heavy atom. The highest BCUT2D eigenvalue weighted by atomic mass is 16.5. The fraction of sp³-hybridized carbons (Fsp3) is 0.455. The number of fused-ring (bicyclic) bond motifs is 1. The first kappa shape index (κ1) is 21.7. The van der Waals surface area contributed by atoms with Gasteiger partial charge in [-0.3, -0.25) is 9.59 Å². The number of nitrogens with one attached hydrogen (secondary N) is 1. The van der Waals surface area contributed by atoms with E-state index in [1.165, 1.54) is 17.5 Å². The number of rotatable bonds is 8. The van der Waals surface area contributed by atoms with E-state index in [1.807, 2.05) is 24.3 Å². The summed E-state index contributed by atoms with van der Waals surface area (Å²) in [6.45, 7) is 2.85. The predicted octanol–water partition coefficient (Wildman–Crippen LogP) is 2.06. The number of hydrogen-bond acceptors (Lipinski definition) is 4. The summed E-state index contributed by atoms with van der Waals surface area (Å²) in [5.41, 5.74) is 2.25. The molecule has 3 rings (SSSR count). The monoisotopic (exact) mass is 413 g/mol. The number of unbranched alkanes of at least 4 members (excludes halogenated alkanes) is 1.